The highest BCUT2D eigenvalue weighted by molar-refractivity contribution is 7.92. The number of anilines is 1. The van der Waals surface area contributed by atoms with Crippen molar-refractivity contribution in [3.63, 3.8) is 0 Å². The third-order valence-electron chi connectivity index (χ3n) is 6.08. The number of rotatable bonds is 5. The van der Waals surface area contributed by atoms with Crippen LogP contribution in [0.15, 0.2) is 101 Å². The molecule has 7 nitrogen and oxygen atoms in total. The summed E-state index contributed by atoms with van der Waals surface area (Å²) in [7, 11) is -4.33. The Balaban J connectivity index is 1.80. The van der Waals surface area contributed by atoms with Crippen LogP contribution in [0, 0.1) is 0 Å². The highest BCUT2D eigenvalue weighted by Gasteiger charge is 2.47. The Labute approximate surface area is 216 Å². The Bertz CT molecular complexity index is 1630. The number of carboxylic acids is 1. The van der Waals surface area contributed by atoms with Gasteiger partial charge in [-0.15, -0.1) is 0 Å². The van der Waals surface area contributed by atoms with Crippen LogP contribution in [-0.2, 0) is 10.0 Å². The number of benzene rings is 3. The fraction of sp³-hybridized carbons (Fsp3) is 0.0769. The molecule has 2 unspecified atom stereocenters. The molecule has 0 saturated heterocycles. The number of carboxylic acid groups (broad SMARTS) is 1. The first-order valence-corrected chi connectivity index (χ1v) is 13.0. The fourth-order valence-electron chi connectivity index (χ4n) is 4.51. The number of aromatic carboxylic acids is 1. The van der Waals surface area contributed by atoms with Crippen molar-refractivity contribution < 1.29 is 18.3 Å². The number of hydrogen-bond donors (Lipinski definition) is 1. The van der Waals surface area contributed by atoms with Gasteiger partial charge in [0.15, 0.2) is 0 Å². The minimum atomic E-state index is -4.33. The van der Waals surface area contributed by atoms with Crippen LogP contribution in [0.4, 0.5) is 5.82 Å². The highest BCUT2D eigenvalue weighted by atomic mass is 35.5. The number of aromatic nitrogens is 1. The van der Waals surface area contributed by atoms with Gasteiger partial charge in [0.25, 0.3) is 15.6 Å². The summed E-state index contributed by atoms with van der Waals surface area (Å²) in [5, 5.41) is 10.4. The van der Waals surface area contributed by atoms with Crippen LogP contribution in [0.5, 0.6) is 0 Å². The maximum Gasteiger partial charge on any atom is 0.335 e. The van der Waals surface area contributed by atoms with Gasteiger partial charge in [0.1, 0.15) is 5.82 Å². The SMILES string of the molecule is O=C(O)c1cccc(S(=O)(=O)N2c3cccc(=O)n3C(c3ccc(Cl)cc3)C2c2ccc(Cl)cc2)c1. The molecular weight excluding hydrogens is 523 g/mol. The second-order valence-corrected chi connectivity index (χ2v) is 10.9. The largest absolute Gasteiger partial charge is 0.478 e. The molecule has 5 rings (SSSR count). The van der Waals surface area contributed by atoms with Gasteiger partial charge in [0, 0.05) is 16.1 Å². The maximum absolute atomic E-state index is 14.1. The molecule has 10 heteroatoms. The third-order valence-corrected chi connectivity index (χ3v) is 8.37. The van der Waals surface area contributed by atoms with Gasteiger partial charge < -0.3 is 5.11 Å². The zero-order valence-electron chi connectivity index (χ0n) is 18.5. The first-order valence-electron chi connectivity index (χ1n) is 10.8. The van der Waals surface area contributed by atoms with E-state index in [0.29, 0.717) is 21.2 Å². The van der Waals surface area contributed by atoms with Crippen molar-refractivity contribution in [3.8, 4) is 0 Å². The first-order chi connectivity index (χ1) is 17.2. The quantitative estimate of drug-likeness (QED) is 0.366. The molecule has 3 aromatic carbocycles. The molecule has 1 aromatic heterocycles. The van der Waals surface area contributed by atoms with Gasteiger partial charge in [-0.25, -0.2) is 17.5 Å². The molecule has 1 aliphatic rings. The molecule has 4 aromatic rings. The lowest BCUT2D eigenvalue weighted by Crippen LogP contribution is -2.34. The summed E-state index contributed by atoms with van der Waals surface area (Å²) >= 11 is 12.2. The average Bonchev–Trinajstić information content (AvgIpc) is 3.22. The van der Waals surface area contributed by atoms with Crippen molar-refractivity contribution >= 4 is 45.0 Å². The predicted molar refractivity (Wildman–Crippen MR) is 138 cm³/mol. The zero-order valence-corrected chi connectivity index (χ0v) is 20.8. The summed E-state index contributed by atoms with van der Waals surface area (Å²) < 4.78 is 30.9. The number of hydrogen-bond acceptors (Lipinski definition) is 4. The molecule has 1 aliphatic heterocycles. The van der Waals surface area contributed by atoms with E-state index in [2.05, 4.69) is 0 Å². The van der Waals surface area contributed by atoms with E-state index in [9.17, 15) is 23.1 Å². The van der Waals surface area contributed by atoms with Crippen LogP contribution in [0.1, 0.15) is 33.6 Å². The van der Waals surface area contributed by atoms with E-state index in [1.54, 1.807) is 54.6 Å². The van der Waals surface area contributed by atoms with E-state index in [-0.39, 0.29) is 21.8 Å². The molecule has 0 spiro atoms. The van der Waals surface area contributed by atoms with Crippen molar-refractivity contribution in [1.29, 1.82) is 0 Å². The molecule has 0 saturated carbocycles. The number of fused-ring (bicyclic) bond motifs is 1. The van der Waals surface area contributed by atoms with E-state index in [1.165, 1.54) is 39.2 Å². The van der Waals surface area contributed by atoms with Gasteiger partial charge in [-0.1, -0.05) is 59.6 Å². The van der Waals surface area contributed by atoms with E-state index in [4.69, 9.17) is 23.2 Å². The molecule has 36 heavy (non-hydrogen) atoms. The molecule has 1 N–H and O–H groups in total. The average molecular weight is 541 g/mol. The Morgan fingerprint density at radius 1 is 0.778 bits per heavy atom. The lowest BCUT2D eigenvalue weighted by molar-refractivity contribution is 0.0696. The lowest BCUT2D eigenvalue weighted by Gasteiger charge is -2.29. The van der Waals surface area contributed by atoms with E-state index >= 15 is 0 Å². The normalized spacial score (nSPS) is 17.1. The van der Waals surface area contributed by atoms with Crippen molar-refractivity contribution in [2.75, 3.05) is 4.31 Å². The van der Waals surface area contributed by atoms with Crippen molar-refractivity contribution in [1.82, 2.24) is 4.57 Å². The molecule has 0 amide bonds. The van der Waals surface area contributed by atoms with Gasteiger partial charge in [-0.3, -0.25) is 9.36 Å². The van der Waals surface area contributed by atoms with Crippen molar-refractivity contribution in [2.24, 2.45) is 0 Å². The molecule has 0 radical (unpaired) electrons. The molecule has 2 atom stereocenters. The van der Waals surface area contributed by atoms with E-state index in [1.807, 2.05) is 0 Å². The van der Waals surface area contributed by atoms with E-state index in [0.717, 1.165) is 6.07 Å². The highest BCUT2D eigenvalue weighted by Crippen LogP contribution is 2.49. The Hall–Kier alpha value is -3.59. The van der Waals surface area contributed by atoms with Gasteiger partial charge in [0.2, 0.25) is 0 Å². The molecule has 0 aliphatic carbocycles. The smallest absolute Gasteiger partial charge is 0.335 e. The summed E-state index contributed by atoms with van der Waals surface area (Å²) in [5.74, 6) is -1.10. The topological polar surface area (TPSA) is 96.7 Å². The summed E-state index contributed by atoms with van der Waals surface area (Å²) in [6, 6.07) is 21.5. The molecule has 2 heterocycles. The lowest BCUT2D eigenvalue weighted by atomic mass is 9.94. The van der Waals surface area contributed by atoms with Crippen LogP contribution >= 0.6 is 23.2 Å². The van der Waals surface area contributed by atoms with E-state index < -0.39 is 28.1 Å². The number of pyridine rings is 1. The van der Waals surface area contributed by atoms with Crippen molar-refractivity contribution in [3.05, 3.63) is 128 Å². The number of sulfonamides is 1. The molecule has 0 bridgehead atoms. The monoisotopic (exact) mass is 540 g/mol. The van der Waals surface area contributed by atoms with Crippen LogP contribution < -0.4 is 9.86 Å². The summed E-state index contributed by atoms with van der Waals surface area (Å²) in [6.07, 6.45) is 0. The second kappa shape index (κ2) is 9.13. The predicted octanol–water partition coefficient (Wildman–Crippen LogP) is 5.39. The standard InChI is InChI=1S/C26H18Cl2N2O5S/c27-19-11-7-16(8-12-19)24-25(17-9-13-20(28)14-10-17)30(22-5-2-6-23(31)29(22)24)36(34,35)21-4-1-3-18(15-21)26(32)33/h1-15,24-25H,(H,32,33). The second-order valence-electron chi connectivity index (χ2n) is 8.22. The minimum absolute atomic E-state index is 0.156. The third kappa shape index (κ3) is 4.07. The minimum Gasteiger partial charge on any atom is -0.478 e. The number of halogens is 2. The molecular formula is C26H18Cl2N2O5S. The van der Waals surface area contributed by atoms with Gasteiger partial charge >= 0.3 is 5.97 Å². The Kier molecular flexibility index (Phi) is 6.12. The summed E-state index contributed by atoms with van der Waals surface area (Å²) in [4.78, 5) is 24.5. The van der Waals surface area contributed by atoms with Gasteiger partial charge in [-0.2, -0.15) is 0 Å². The van der Waals surface area contributed by atoms with Gasteiger partial charge in [0.05, 0.1) is 22.5 Å². The van der Waals surface area contributed by atoms with Crippen LogP contribution in [0.25, 0.3) is 0 Å². The molecule has 0 fully saturated rings. The number of nitrogens with zero attached hydrogens (tertiary/aromatic N) is 2. The Morgan fingerprint density at radius 2 is 1.33 bits per heavy atom. The zero-order chi connectivity index (χ0) is 25.6. The summed E-state index contributed by atoms with van der Waals surface area (Å²) in [5.41, 5.74) is 0.715. The van der Waals surface area contributed by atoms with Crippen LogP contribution in [0.2, 0.25) is 10.0 Å². The number of carbonyl (C=O) groups is 1. The maximum atomic E-state index is 14.1. The van der Waals surface area contributed by atoms with Gasteiger partial charge in [-0.05, 0) is 59.7 Å². The first kappa shape index (κ1) is 24.1. The fourth-order valence-corrected chi connectivity index (χ4v) is 6.44. The van der Waals surface area contributed by atoms with Crippen LogP contribution in [0.3, 0.4) is 0 Å². The Morgan fingerprint density at radius 3 is 1.92 bits per heavy atom. The van der Waals surface area contributed by atoms with Crippen LogP contribution in [-0.4, -0.2) is 24.1 Å². The van der Waals surface area contributed by atoms with Crippen molar-refractivity contribution in [2.45, 2.75) is 17.0 Å². The molecule has 182 valence electrons. The summed E-state index contributed by atoms with van der Waals surface area (Å²) in [6.45, 7) is 0.